The first-order valence-corrected chi connectivity index (χ1v) is 24.4. The molecule has 5 rings (SSSR count). The Hall–Kier alpha value is -1.62. The molecule has 0 bridgehead atoms. The van der Waals surface area contributed by atoms with Crippen LogP contribution >= 0.6 is 0 Å². The second kappa shape index (κ2) is 22.6. The van der Waals surface area contributed by atoms with Gasteiger partial charge in [0.15, 0.2) is 30.6 Å². The molecule has 0 amide bonds. The van der Waals surface area contributed by atoms with Crippen molar-refractivity contribution < 1.29 is 77.0 Å². The number of esters is 2. The lowest BCUT2D eigenvalue weighted by Gasteiger charge is -2.50. The number of cyclic esters (lactones) is 1. The molecule has 0 aromatic rings. The summed E-state index contributed by atoms with van der Waals surface area (Å²) in [6.45, 7) is 22.3. The fourth-order valence-corrected chi connectivity index (χ4v) is 11.4. The largest absolute Gasteiger partial charge is 0.459 e. The number of aliphatic hydroxyl groups is 3. The van der Waals surface area contributed by atoms with Crippen LogP contribution in [0, 0.1) is 17.8 Å². The number of ether oxygens (including phenoxy) is 11. The van der Waals surface area contributed by atoms with Crippen molar-refractivity contribution in [3.8, 4) is 0 Å². The van der Waals surface area contributed by atoms with E-state index in [2.05, 4.69) is 11.8 Å². The van der Waals surface area contributed by atoms with Crippen LogP contribution in [0.1, 0.15) is 115 Å². The lowest BCUT2D eigenvalue weighted by molar-refractivity contribution is -0.321. The minimum atomic E-state index is -1.58. The highest BCUT2D eigenvalue weighted by molar-refractivity contribution is 5.73. The molecule has 3 N–H and O–H groups in total. The van der Waals surface area contributed by atoms with Crippen molar-refractivity contribution in [1.82, 2.24) is 9.80 Å². The molecule has 0 radical (unpaired) electrons. The number of hydrogen-bond acceptors (Lipinski definition) is 18. The van der Waals surface area contributed by atoms with Gasteiger partial charge in [0.2, 0.25) is 0 Å². The molecule has 5 fully saturated rings. The molecule has 0 aromatic heterocycles. The molecule has 18 heteroatoms. The van der Waals surface area contributed by atoms with Crippen LogP contribution in [0.4, 0.5) is 0 Å². The van der Waals surface area contributed by atoms with Crippen molar-refractivity contribution in [2.75, 3.05) is 61.2 Å². The van der Waals surface area contributed by atoms with Crippen LogP contribution in [0.3, 0.4) is 0 Å². The molecular weight excluding hydrogens is 861 g/mol. The van der Waals surface area contributed by atoms with Crippen LogP contribution in [-0.2, 0) is 61.7 Å². The lowest BCUT2D eigenvalue weighted by Crippen LogP contribution is -2.68. The fraction of sp³-hybridized carbons (Fsp3) is 0.958. The Labute approximate surface area is 393 Å². The SMILES string of the molecule is CC[C@H]1OC(=O)[C@H](C)[C@@H](OC2C[C@@](C)(OC)[C@@H](OCCCOCCCO)[C@H](C)O2)[C@H](C)[C@@H](O[C@@H]2O[C@H](C)C[C@H](N(C)C)[C@H]2OC(C)=O)[C@](C)(O)C[C@@H](C)CN(C)[C@@H](C)C2O[C@@H](O)C23O[C@]13C. The molecule has 5 aliphatic heterocycles. The number of carbonyl (C=O) groups excluding carboxylic acids is 2. The zero-order valence-corrected chi connectivity index (χ0v) is 42.6. The number of hydrogen-bond donors (Lipinski definition) is 3. The Bertz CT molecular complexity index is 1580. The van der Waals surface area contributed by atoms with Crippen molar-refractivity contribution >= 4 is 11.9 Å². The third-order valence-corrected chi connectivity index (χ3v) is 15.1. The van der Waals surface area contributed by atoms with Crippen molar-refractivity contribution in [2.24, 2.45) is 17.8 Å². The molecule has 3 unspecified atom stereocenters. The molecule has 0 saturated carbocycles. The van der Waals surface area contributed by atoms with Crippen LogP contribution in [0.15, 0.2) is 0 Å². The van der Waals surface area contributed by atoms with Crippen LogP contribution in [0.5, 0.6) is 0 Å². The molecule has 5 aliphatic rings. The van der Waals surface area contributed by atoms with Crippen LogP contribution in [0.2, 0.25) is 0 Å². The standard InChI is InChI=1S/C48H86N2O16/c1-16-35-47(11)48(66-47)40(65-44(48)54)31(6)50(14)26-27(2)24-45(9,55)39(64-43-38(61-33(8)52)34(49(12)13)23-28(3)59-43)29(4)37(30(5)42(53)62-35)63-36-25-46(10,56-15)41(32(7)60-36)58-22-18-21-57-20-17-19-51/h27-32,34-41,43-44,51,54-55H,16-26H2,1-15H3/t27-,28-,29+,30-,31+,32+,34+,35-,36?,37+,38-,39-,40?,41+,43+,44-,45-,46-,47-,48?/m1/s1. The van der Waals surface area contributed by atoms with Crippen molar-refractivity contribution in [2.45, 2.75) is 217 Å². The van der Waals surface area contributed by atoms with Gasteiger partial charge in [-0.3, -0.25) is 9.59 Å². The van der Waals surface area contributed by atoms with Gasteiger partial charge in [0.1, 0.15) is 23.9 Å². The molecule has 66 heavy (non-hydrogen) atoms. The van der Waals surface area contributed by atoms with Crippen LogP contribution in [0.25, 0.3) is 0 Å². The monoisotopic (exact) mass is 947 g/mol. The quantitative estimate of drug-likeness (QED) is 0.115. The summed E-state index contributed by atoms with van der Waals surface area (Å²) >= 11 is 0. The normalized spacial score (nSPS) is 46.2. The maximum atomic E-state index is 14.8. The van der Waals surface area contributed by atoms with E-state index in [-0.39, 0.29) is 43.6 Å². The summed E-state index contributed by atoms with van der Waals surface area (Å²) in [7, 11) is 7.43. The van der Waals surface area contributed by atoms with Gasteiger partial charge in [-0.25, -0.2) is 0 Å². The van der Waals surface area contributed by atoms with Gasteiger partial charge in [-0.1, -0.05) is 20.8 Å². The number of epoxide rings is 1. The first-order chi connectivity index (χ1) is 30.9. The Morgan fingerprint density at radius 3 is 2.23 bits per heavy atom. The van der Waals surface area contributed by atoms with E-state index in [4.69, 9.17) is 57.2 Å². The predicted molar refractivity (Wildman–Crippen MR) is 241 cm³/mol. The first kappa shape index (κ1) is 55.3. The Balaban J connectivity index is 1.54. The highest BCUT2D eigenvalue weighted by Gasteiger charge is 2.85. The number of methoxy groups -OCH3 is 1. The maximum Gasteiger partial charge on any atom is 0.311 e. The van der Waals surface area contributed by atoms with E-state index >= 15 is 0 Å². The topological polar surface area (TPSA) is 206 Å². The zero-order valence-electron chi connectivity index (χ0n) is 42.6. The lowest BCUT2D eigenvalue weighted by atomic mass is 9.76. The molecule has 5 heterocycles. The minimum Gasteiger partial charge on any atom is -0.459 e. The van der Waals surface area contributed by atoms with Crippen LogP contribution in [-0.4, -0.2) is 200 Å². The van der Waals surface area contributed by atoms with E-state index < -0.39 is 108 Å². The summed E-state index contributed by atoms with van der Waals surface area (Å²) in [5, 5.41) is 33.2. The first-order valence-electron chi connectivity index (χ1n) is 24.4. The summed E-state index contributed by atoms with van der Waals surface area (Å²) in [6.07, 6.45) is -6.03. The summed E-state index contributed by atoms with van der Waals surface area (Å²) < 4.78 is 70.2. The summed E-state index contributed by atoms with van der Waals surface area (Å²) in [5.74, 6) is -2.91. The second-order valence-corrected chi connectivity index (χ2v) is 20.9. The molecule has 0 aromatic carbocycles. The minimum absolute atomic E-state index is 0.0728. The summed E-state index contributed by atoms with van der Waals surface area (Å²) in [4.78, 5) is 31.6. The third-order valence-electron chi connectivity index (χ3n) is 15.1. The van der Waals surface area contributed by atoms with Gasteiger partial charge in [0.25, 0.3) is 0 Å². The molecule has 20 atom stereocenters. The molecule has 384 valence electrons. The smallest absolute Gasteiger partial charge is 0.311 e. The van der Waals surface area contributed by atoms with Crippen LogP contribution < -0.4 is 0 Å². The van der Waals surface area contributed by atoms with Crippen molar-refractivity contribution in [3.05, 3.63) is 0 Å². The second-order valence-electron chi connectivity index (χ2n) is 20.9. The molecular formula is C48H86N2O16. The van der Waals surface area contributed by atoms with Gasteiger partial charge >= 0.3 is 11.9 Å². The van der Waals surface area contributed by atoms with Gasteiger partial charge in [0, 0.05) is 65.4 Å². The van der Waals surface area contributed by atoms with Gasteiger partial charge in [-0.2, -0.15) is 0 Å². The fourth-order valence-electron chi connectivity index (χ4n) is 11.4. The van der Waals surface area contributed by atoms with Crippen molar-refractivity contribution in [1.29, 1.82) is 0 Å². The van der Waals surface area contributed by atoms with E-state index in [1.165, 1.54) is 6.92 Å². The summed E-state index contributed by atoms with van der Waals surface area (Å²) in [5.41, 5.74) is -4.58. The number of carbonyl (C=O) groups is 2. The number of rotatable bonds is 16. The van der Waals surface area contributed by atoms with Crippen molar-refractivity contribution in [3.63, 3.8) is 0 Å². The number of likely N-dealkylation sites (N-methyl/N-ethyl adjacent to an activating group) is 2. The van der Waals surface area contributed by atoms with E-state index in [9.17, 15) is 19.8 Å². The summed E-state index contributed by atoms with van der Waals surface area (Å²) in [6, 6.07) is -0.480. The third kappa shape index (κ3) is 11.8. The van der Waals surface area contributed by atoms with E-state index in [0.717, 1.165) is 0 Å². The number of aliphatic hydroxyl groups excluding tert-OH is 2. The average molecular weight is 947 g/mol. The average Bonchev–Trinajstić information content (AvgIpc) is 3.92. The van der Waals surface area contributed by atoms with E-state index in [1.54, 1.807) is 21.0 Å². The molecule has 5 saturated heterocycles. The van der Waals surface area contributed by atoms with E-state index in [0.29, 0.717) is 52.0 Å². The molecule has 1 spiro atoms. The highest BCUT2D eigenvalue weighted by atomic mass is 16.8. The Kier molecular flexibility index (Phi) is 19.0. The van der Waals surface area contributed by atoms with Gasteiger partial charge < -0.3 is 77.2 Å². The van der Waals surface area contributed by atoms with Gasteiger partial charge in [0.05, 0.1) is 47.6 Å². The Morgan fingerprint density at radius 2 is 1.62 bits per heavy atom. The predicted octanol–water partition coefficient (Wildman–Crippen LogP) is 3.42. The zero-order chi connectivity index (χ0) is 49.1. The van der Waals surface area contributed by atoms with Gasteiger partial charge in [-0.05, 0) is 108 Å². The highest BCUT2D eigenvalue weighted by Crippen LogP contribution is 2.63. The molecule has 0 aliphatic carbocycles. The Morgan fingerprint density at radius 1 is 0.939 bits per heavy atom. The maximum absolute atomic E-state index is 14.8. The number of nitrogens with zero attached hydrogens (tertiary/aromatic N) is 2. The molecule has 18 nitrogen and oxygen atoms in total. The van der Waals surface area contributed by atoms with Gasteiger partial charge in [-0.15, -0.1) is 0 Å². The van der Waals surface area contributed by atoms with E-state index in [1.807, 2.05) is 74.5 Å².